The van der Waals surface area contributed by atoms with Gasteiger partial charge in [-0.15, -0.1) is 6.58 Å². The number of benzene rings is 1. The van der Waals surface area contributed by atoms with E-state index in [1.807, 2.05) is 18.2 Å². The van der Waals surface area contributed by atoms with E-state index in [2.05, 4.69) is 25.7 Å². The molecule has 0 bridgehead atoms. The van der Waals surface area contributed by atoms with E-state index in [1.165, 1.54) is 11.1 Å². The standard InChI is InChI=1S/C16H24ClNO/c1-5-10-18-15(9-6-12(2)3)14-8-7-13(17)11-16(14)19-4/h7-8,11,15,18H,2,5-6,9-10H2,1,3-4H3. The van der Waals surface area contributed by atoms with Crippen LogP contribution in [0, 0.1) is 0 Å². The molecule has 0 saturated heterocycles. The largest absolute Gasteiger partial charge is 0.496 e. The number of ether oxygens (including phenoxy) is 1. The van der Waals surface area contributed by atoms with Crippen molar-refractivity contribution >= 4 is 11.6 Å². The number of halogens is 1. The lowest BCUT2D eigenvalue weighted by atomic mass is 9.99. The summed E-state index contributed by atoms with van der Waals surface area (Å²) < 4.78 is 5.45. The van der Waals surface area contributed by atoms with Gasteiger partial charge in [-0.2, -0.15) is 0 Å². The Labute approximate surface area is 121 Å². The fraction of sp³-hybridized carbons (Fsp3) is 0.500. The van der Waals surface area contributed by atoms with Gasteiger partial charge in [0.1, 0.15) is 5.75 Å². The summed E-state index contributed by atoms with van der Waals surface area (Å²) in [5, 5.41) is 4.27. The molecule has 0 aliphatic heterocycles. The lowest BCUT2D eigenvalue weighted by Gasteiger charge is -2.21. The van der Waals surface area contributed by atoms with Gasteiger partial charge in [0.25, 0.3) is 0 Å². The molecule has 0 aromatic heterocycles. The highest BCUT2D eigenvalue weighted by molar-refractivity contribution is 6.30. The Morgan fingerprint density at radius 3 is 2.79 bits per heavy atom. The van der Waals surface area contributed by atoms with E-state index in [0.29, 0.717) is 5.02 Å². The van der Waals surface area contributed by atoms with Gasteiger partial charge in [-0.1, -0.05) is 30.2 Å². The maximum atomic E-state index is 6.02. The summed E-state index contributed by atoms with van der Waals surface area (Å²) in [5.74, 6) is 0.850. The first-order chi connectivity index (χ1) is 9.08. The van der Waals surface area contributed by atoms with Gasteiger partial charge in [0.05, 0.1) is 7.11 Å². The van der Waals surface area contributed by atoms with E-state index in [4.69, 9.17) is 16.3 Å². The van der Waals surface area contributed by atoms with E-state index < -0.39 is 0 Å². The Hall–Kier alpha value is -0.990. The zero-order chi connectivity index (χ0) is 14.3. The zero-order valence-electron chi connectivity index (χ0n) is 12.1. The molecule has 0 fully saturated rings. The van der Waals surface area contributed by atoms with Crippen LogP contribution in [0.4, 0.5) is 0 Å². The van der Waals surface area contributed by atoms with Crippen molar-refractivity contribution in [1.82, 2.24) is 5.32 Å². The fourth-order valence-electron chi connectivity index (χ4n) is 2.05. The van der Waals surface area contributed by atoms with Crippen LogP contribution in [-0.4, -0.2) is 13.7 Å². The van der Waals surface area contributed by atoms with Crippen molar-refractivity contribution in [3.05, 3.63) is 40.9 Å². The summed E-state index contributed by atoms with van der Waals surface area (Å²) in [6.07, 6.45) is 3.14. The number of nitrogens with one attached hydrogen (secondary N) is 1. The maximum Gasteiger partial charge on any atom is 0.125 e. The molecular weight excluding hydrogens is 258 g/mol. The molecule has 1 aromatic carbocycles. The van der Waals surface area contributed by atoms with Gasteiger partial charge in [0, 0.05) is 16.6 Å². The quantitative estimate of drug-likeness (QED) is 0.695. The molecule has 1 N–H and O–H groups in total. The average molecular weight is 282 g/mol. The third-order valence-corrected chi connectivity index (χ3v) is 3.31. The molecule has 0 amide bonds. The monoisotopic (exact) mass is 281 g/mol. The van der Waals surface area contributed by atoms with Crippen molar-refractivity contribution in [2.75, 3.05) is 13.7 Å². The highest BCUT2D eigenvalue weighted by atomic mass is 35.5. The predicted octanol–water partition coefficient (Wildman–Crippen LogP) is 4.75. The lowest BCUT2D eigenvalue weighted by molar-refractivity contribution is 0.394. The minimum Gasteiger partial charge on any atom is -0.496 e. The minimum atomic E-state index is 0.281. The number of hydrogen-bond donors (Lipinski definition) is 1. The second kappa shape index (κ2) is 8.23. The molecule has 3 heteroatoms. The number of hydrogen-bond acceptors (Lipinski definition) is 2. The summed E-state index contributed by atoms with van der Waals surface area (Å²) in [4.78, 5) is 0. The van der Waals surface area contributed by atoms with Gasteiger partial charge in [-0.25, -0.2) is 0 Å². The normalized spacial score (nSPS) is 12.2. The molecule has 0 spiro atoms. The zero-order valence-corrected chi connectivity index (χ0v) is 12.9. The summed E-state index contributed by atoms with van der Waals surface area (Å²) in [7, 11) is 1.69. The molecule has 0 heterocycles. The Kier molecular flexibility index (Phi) is 6.96. The van der Waals surface area contributed by atoms with Crippen LogP contribution in [0.2, 0.25) is 5.02 Å². The summed E-state index contributed by atoms with van der Waals surface area (Å²) in [6.45, 7) is 9.20. The van der Waals surface area contributed by atoms with Crippen LogP contribution < -0.4 is 10.1 Å². The van der Waals surface area contributed by atoms with E-state index >= 15 is 0 Å². The lowest BCUT2D eigenvalue weighted by Crippen LogP contribution is -2.22. The predicted molar refractivity (Wildman–Crippen MR) is 83.1 cm³/mol. The number of allylic oxidation sites excluding steroid dienone is 1. The smallest absolute Gasteiger partial charge is 0.125 e. The van der Waals surface area contributed by atoms with Crippen LogP contribution >= 0.6 is 11.6 Å². The third-order valence-electron chi connectivity index (χ3n) is 3.07. The fourth-order valence-corrected chi connectivity index (χ4v) is 2.21. The van der Waals surface area contributed by atoms with Crippen molar-refractivity contribution < 1.29 is 4.74 Å². The summed E-state index contributed by atoms with van der Waals surface area (Å²) in [5.41, 5.74) is 2.37. The molecule has 1 rings (SSSR count). The molecule has 1 aromatic rings. The SMILES string of the molecule is C=C(C)CCC(NCCC)c1ccc(Cl)cc1OC. The minimum absolute atomic E-state index is 0.281. The van der Waals surface area contributed by atoms with Crippen LogP contribution in [-0.2, 0) is 0 Å². The second-order valence-electron chi connectivity index (χ2n) is 4.89. The van der Waals surface area contributed by atoms with Crippen molar-refractivity contribution in [3.8, 4) is 5.75 Å². The molecule has 0 saturated carbocycles. The molecule has 0 aliphatic carbocycles. The number of rotatable bonds is 8. The molecule has 0 radical (unpaired) electrons. The van der Waals surface area contributed by atoms with Crippen LogP contribution in [0.15, 0.2) is 30.4 Å². The van der Waals surface area contributed by atoms with E-state index in [-0.39, 0.29) is 6.04 Å². The highest BCUT2D eigenvalue weighted by Gasteiger charge is 2.15. The van der Waals surface area contributed by atoms with Crippen LogP contribution in [0.3, 0.4) is 0 Å². The molecule has 1 atom stereocenters. The maximum absolute atomic E-state index is 6.02. The third kappa shape index (κ3) is 5.25. The van der Waals surface area contributed by atoms with Gasteiger partial charge in [0.2, 0.25) is 0 Å². The van der Waals surface area contributed by atoms with Crippen molar-refractivity contribution in [1.29, 1.82) is 0 Å². The van der Waals surface area contributed by atoms with Gasteiger partial charge in [-0.05, 0) is 44.9 Å². The van der Waals surface area contributed by atoms with Gasteiger partial charge >= 0.3 is 0 Å². The molecular formula is C16H24ClNO. The van der Waals surface area contributed by atoms with E-state index in [9.17, 15) is 0 Å². The Bertz CT molecular complexity index is 417. The van der Waals surface area contributed by atoms with Crippen LogP contribution in [0.5, 0.6) is 5.75 Å². The summed E-state index contributed by atoms with van der Waals surface area (Å²) >= 11 is 6.02. The van der Waals surface area contributed by atoms with Crippen molar-refractivity contribution in [2.24, 2.45) is 0 Å². The summed E-state index contributed by atoms with van der Waals surface area (Å²) in [6, 6.07) is 6.12. The first kappa shape index (κ1) is 16.1. The Balaban J connectivity index is 2.91. The van der Waals surface area contributed by atoms with Crippen molar-refractivity contribution in [3.63, 3.8) is 0 Å². The molecule has 106 valence electrons. The molecule has 19 heavy (non-hydrogen) atoms. The average Bonchev–Trinajstić information content (AvgIpc) is 2.39. The van der Waals surface area contributed by atoms with Crippen molar-refractivity contribution in [2.45, 2.75) is 39.2 Å². The topological polar surface area (TPSA) is 21.3 Å². The Morgan fingerprint density at radius 2 is 2.21 bits per heavy atom. The molecule has 1 unspecified atom stereocenters. The molecule has 0 aliphatic rings. The van der Waals surface area contributed by atoms with Crippen LogP contribution in [0.25, 0.3) is 0 Å². The van der Waals surface area contributed by atoms with Gasteiger partial charge in [-0.3, -0.25) is 0 Å². The van der Waals surface area contributed by atoms with E-state index in [1.54, 1.807) is 7.11 Å². The van der Waals surface area contributed by atoms with Crippen LogP contribution in [0.1, 0.15) is 44.7 Å². The van der Waals surface area contributed by atoms with Gasteiger partial charge in [0.15, 0.2) is 0 Å². The second-order valence-corrected chi connectivity index (χ2v) is 5.33. The first-order valence-corrected chi connectivity index (χ1v) is 7.17. The highest BCUT2D eigenvalue weighted by Crippen LogP contribution is 2.31. The first-order valence-electron chi connectivity index (χ1n) is 6.79. The molecule has 2 nitrogen and oxygen atoms in total. The Morgan fingerprint density at radius 1 is 1.47 bits per heavy atom. The van der Waals surface area contributed by atoms with Gasteiger partial charge < -0.3 is 10.1 Å². The number of methoxy groups -OCH3 is 1. The van der Waals surface area contributed by atoms with E-state index in [0.717, 1.165) is 31.6 Å².